The Bertz CT molecular complexity index is 730. The summed E-state index contributed by atoms with van der Waals surface area (Å²) in [5, 5.41) is 3.04. The maximum absolute atomic E-state index is 12.6. The van der Waals surface area contributed by atoms with E-state index in [0.29, 0.717) is 30.7 Å². The summed E-state index contributed by atoms with van der Waals surface area (Å²) in [5.41, 5.74) is 2.72. The first-order chi connectivity index (χ1) is 13.5. The molecule has 2 saturated carbocycles. The molecule has 0 spiro atoms. The van der Waals surface area contributed by atoms with E-state index in [2.05, 4.69) is 5.32 Å². The number of aryl methyl sites for hydroxylation is 2. The van der Waals surface area contributed by atoms with Gasteiger partial charge in [0.05, 0.1) is 6.42 Å². The number of nitrogens with one attached hydrogen (secondary N) is 1. The summed E-state index contributed by atoms with van der Waals surface area (Å²) in [7, 11) is 0. The molecular weight excluding hydrogens is 352 g/mol. The maximum Gasteiger partial charge on any atom is 0.224 e. The summed E-state index contributed by atoms with van der Waals surface area (Å²) >= 11 is 0. The molecule has 1 unspecified atom stereocenters. The lowest BCUT2D eigenvalue weighted by Gasteiger charge is -2.19. The molecule has 1 N–H and O–H groups in total. The average molecular weight is 385 g/mol. The van der Waals surface area contributed by atoms with Crippen LogP contribution in [0.3, 0.4) is 0 Å². The molecule has 0 bridgehead atoms. The van der Waals surface area contributed by atoms with Crippen LogP contribution in [0.1, 0.15) is 80.1 Å². The Morgan fingerprint density at radius 2 is 1.71 bits per heavy atom. The predicted octanol–water partition coefficient (Wildman–Crippen LogP) is 2.81. The minimum Gasteiger partial charge on any atom is -0.353 e. The van der Waals surface area contributed by atoms with Gasteiger partial charge in [-0.3, -0.25) is 9.59 Å². The predicted molar refractivity (Wildman–Crippen MR) is 107 cm³/mol. The summed E-state index contributed by atoms with van der Waals surface area (Å²) in [6.07, 6.45) is 9.15. The molecule has 3 fully saturated rings. The number of carbonyl (C=O) groups excluding carboxylic acids is 2. The van der Waals surface area contributed by atoms with E-state index in [0.717, 1.165) is 55.1 Å². The van der Waals surface area contributed by atoms with Crippen LogP contribution in [0, 0.1) is 19.8 Å². The highest BCUT2D eigenvalue weighted by molar-refractivity contribution is 5.79. The van der Waals surface area contributed by atoms with E-state index in [1.54, 1.807) is 0 Å². The van der Waals surface area contributed by atoms with E-state index >= 15 is 0 Å². The first-order valence-electron chi connectivity index (χ1n) is 10.9. The molecule has 2 aliphatic carbocycles. The van der Waals surface area contributed by atoms with Gasteiger partial charge in [-0.15, -0.1) is 0 Å². The molecule has 1 saturated heterocycles. The third kappa shape index (κ3) is 4.53. The zero-order chi connectivity index (χ0) is 19.7. The molecule has 3 aliphatic rings. The average Bonchev–Trinajstić information content (AvgIpc) is 3.11. The Morgan fingerprint density at radius 1 is 1.04 bits per heavy atom. The smallest absolute Gasteiger partial charge is 0.224 e. The molecule has 4 rings (SSSR count). The van der Waals surface area contributed by atoms with Gasteiger partial charge in [0, 0.05) is 48.4 Å². The minimum absolute atomic E-state index is 0.0644. The van der Waals surface area contributed by atoms with E-state index in [-0.39, 0.29) is 11.8 Å². The second-order valence-electron chi connectivity index (χ2n) is 8.93. The van der Waals surface area contributed by atoms with Crippen LogP contribution in [0.5, 0.6) is 0 Å². The molecule has 6 nitrogen and oxygen atoms in total. The summed E-state index contributed by atoms with van der Waals surface area (Å²) in [4.78, 5) is 36.3. The van der Waals surface area contributed by atoms with Crippen LogP contribution in [-0.2, 0) is 16.0 Å². The van der Waals surface area contributed by atoms with Crippen LogP contribution in [0.25, 0.3) is 0 Å². The lowest BCUT2D eigenvalue weighted by Crippen LogP contribution is -2.30. The minimum atomic E-state index is 0.0644. The Labute approximate surface area is 167 Å². The highest BCUT2D eigenvalue weighted by Crippen LogP contribution is 2.31. The number of nitrogens with zero attached hydrogens (tertiary/aromatic N) is 3. The Balaban J connectivity index is 1.37. The van der Waals surface area contributed by atoms with Crippen LogP contribution >= 0.6 is 0 Å². The number of likely N-dealkylation sites (tertiary alicyclic amines) is 1. The highest BCUT2D eigenvalue weighted by Gasteiger charge is 2.31. The van der Waals surface area contributed by atoms with Gasteiger partial charge in [-0.05, 0) is 51.9 Å². The first kappa shape index (κ1) is 19.3. The number of rotatable bonds is 6. The van der Waals surface area contributed by atoms with Gasteiger partial charge in [0.1, 0.15) is 5.82 Å². The van der Waals surface area contributed by atoms with Gasteiger partial charge < -0.3 is 10.2 Å². The Kier molecular flexibility index (Phi) is 5.65. The van der Waals surface area contributed by atoms with Gasteiger partial charge in [0.2, 0.25) is 11.8 Å². The molecular formula is C22H32N4O2. The number of hydrogen-bond acceptors (Lipinski definition) is 4. The molecule has 1 aromatic rings. The Morgan fingerprint density at radius 3 is 2.36 bits per heavy atom. The summed E-state index contributed by atoms with van der Waals surface area (Å²) in [6, 6.07) is 0.375. The Hall–Kier alpha value is -1.98. The van der Waals surface area contributed by atoms with Gasteiger partial charge in [0.15, 0.2) is 0 Å². The number of carbonyl (C=O) groups is 2. The van der Waals surface area contributed by atoms with Crippen molar-refractivity contribution in [3.63, 3.8) is 0 Å². The van der Waals surface area contributed by atoms with Crippen LogP contribution < -0.4 is 5.32 Å². The van der Waals surface area contributed by atoms with Crippen molar-refractivity contribution in [2.24, 2.45) is 5.92 Å². The molecule has 1 atom stereocenters. The second-order valence-corrected chi connectivity index (χ2v) is 8.93. The number of hydrogen-bond donors (Lipinski definition) is 1. The SMILES string of the molecule is Cc1nc(C2CCN(C(=O)CC3CCCC3)C2)nc(C)c1CC(=O)NC1CC1. The molecule has 152 valence electrons. The molecule has 2 amide bonds. The molecule has 28 heavy (non-hydrogen) atoms. The topological polar surface area (TPSA) is 75.2 Å². The van der Waals surface area contributed by atoms with Crippen molar-refractivity contribution in [3.8, 4) is 0 Å². The third-order valence-corrected chi connectivity index (χ3v) is 6.56. The standard InChI is InChI=1S/C22H32N4O2/c1-14-19(12-20(27)25-18-7-8-18)15(2)24-22(23-14)17-9-10-26(13-17)21(28)11-16-5-3-4-6-16/h16-18H,3-13H2,1-2H3,(H,25,27). The molecule has 1 aromatic heterocycles. The van der Waals surface area contributed by atoms with E-state index in [4.69, 9.17) is 9.97 Å². The first-order valence-corrected chi connectivity index (χ1v) is 10.9. The zero-order valence-electron chi connectivity index (χ0n) is 17.2. The monoisotopic (exact) mass is 384 g/mol. The lowest BCUT2D eigenvalue weighted by atomic mass is 10.0. The van der Waals surface area contributed by atoms with E-state index < -0.39 is 0 Å². The van der Waals surface area contributed by atoms with Gasteiger partial charge in [0.25, 0.3) is 0 Å². The summed E-state index contributed by atoms with van der Waals surface area (Å²) in [6.45, 7) is 5.47. The number of aromatic nitrogens is 2. The van der Waals surface area contributed by atoms with E-state index in [1.807, 2.05) is 18.7 Å². The molecule has 1 aliphatic heterocycles. The number of amides is 2. The third-order valence-electron chi connectivity index (χ3n) is 6.56. The fourth-order valence-corrected chi connectivity index (χ4v) is 4.66. The van der Waals surface area contributed by atoms with Gasteiger partial charge in [-0.2, -0.15) is 0 Å². The largest absolute Gasteiger partial charge is 0.353 e. The second kappa shape index (κ2) is 8.18. The zero-order valence-corrected chi connectivity index (χ0v) is 17.2. The van der Waals surface area contributed by atoms with Crippen molar-refractivity contribution in [1.82, 2.24) is 20.2 Å². The van der Waals surface area contributed by atoms with Crippen molar-refractivity contribution in [2.75, 3.05) is 13.1 Å². The maximum atomic E-state index is 12.6. The van der Waals surface area contributed by atoms with Crippen molar-refractivity contribution >= 4 is 11.8 Å². The van der Waals surface area contributed by atoms with Crippen LogP contribution in [0.4, 0.5) is 0 Å². The van der Waals surface area contributed by atoms with Crippen LogP contribution in [-0.4, -0.2) is 45.8 Å². The van der Waals surface area contributed by atoms with Crippen molar-refractivity contribution < 1.29 is 9.59 Å². The molecule has 0 radical (unpaired) electrons. The normalized spacial score (nSPS) is 22.6. The summed E-state index contributed by atoms with van der Waals surface area (Å²) in [5.74, 6) is 2.00. The molecule has 0 aromatic carbocycles. The van der Waals surface area contributed by atoms with Gasteiger partial charge >= 0.3 is 0 Å². The van der Waals surface area contributed by atoms with Gasteiger partial charge in [-0.25, -0.2) is 9.97 Å². The lowest BCUT2D eigenvalue weighted by molar-refractivity contribution is -0.131. The van der Waals surface area contributed by atoms with Crippen molar-refractivity contribution in [2.45, 2.75) is 83.6 Å². The van der Waals surface area contributed by atoms with E-state index in [9.17, 15) is 9.59 Å². The summed E-state index contributed by atoms with van der Waals surface area (Å²) < 4.78 is 0. The van der Waals surface area contributed by atoms with Crippen LogP contribution in [0.15, 0.2) is 0 Å². The van der Waals surface area contributed by atoms with Crippen molar-refractivity contribution in [1.29, 1.82) is 0 Å². The highest BCUT2D eigenvalue weighted by atomic mass is 16.2. The van der Waals surface area contributed by atoms with Crippen molar-refractivity contribution in [3.05, 3.63) is 22.8 Å². The molecule has 6 heteroatoms. The molecule has 2 heterocycles. The fourth-order valence-electron chi connectivity index (χ4n) is 4.66. The van der Waals surface area contributed by atoms with Crippen LogP contribution in [0.2, 0.25) is 0 Å². The van der Waals surface area contributed by atoms with E-state index in [1.165, 1.54) is 25.7 Å². The fraction of sp³-hybridized carbons (Fsp3) is 0.727. The van der Waals surface area contributed by atoms with Gasteiger partial charge in [-0.1, -0.05) is 12.8 Å². The quantitative estimate of drug-likeness (QED) is 0.818.